The van der Waals surface area contributed by atoms with Crippen molar-refractivity contribution in [1.29, 1.82) is 0 Å². The Labute approximate surface area is 243 Å². The highest BCUT2D eigenvalue weighted by Crippen LogP contribution is 2.33. The van der Waals surface area contributed by atoms with Crippen LogP contribution in [0, 0.1) is 0 Å². The minimum Gasteiger partial charge on any atom is -0.295 e. The van der Waals surface area contributed by atoms with Crippen LogP contribution in [0.15, 0.2) is 132 Å². The molecule has 202 valence electrons. The van der Waals surface area contributed by atoms with Crippen LogP contribution in [0.2, 0.25) is 0 Å². The van der Waals surface area contributed by atoms with Gasteiger partial charge in [0.05, 0.1) is 11.0 Å². The summed E-state index contributed by atoms with van der Waals surface area (Å²) in [6, 6.07) is 42.8. The number of nitrogens with zero attached hydrogens (tertiary/aromatic N) is 5. The summed E-state index contributed by atoms with van der Waals surface area (Å²) in [6.07, 6.45) is 0. The summed E-state index contributed by atoms with van der Waals surface area (Å²) in [6.45, 7) is 0. The van der Waals surface area contributed by atoms with Gasteiger partial charge in [-0.25, -0.2) is 19.7 Å². The first-order valence-electron chi connectivity index (χ1n) is 13.8. The van der Waals surface area contributed by atoms with Gasteiger partial charge >= 0.3 is 5.69 Å². The fourth-order valence-corrected chi connectivity index (χ4v) is 5.39. The van der Waals surface area contributed by atoms with Gasteiger partial charge in [0.2, 0.25) is 0 Å². The van der Waals surface area contributed by atoms with Crippen molar-refractivity contribution < 1.29 is 0 Å². The number of aryl methyl sites for hydroxylation is 2. The van der Waals surface area contributed by atoms with E-state index >= 15 is 0 Å². The number of hydrogen-bond donors (Lipinski definition) is 0. The molecule has 0 amide bonds. The fraction of sp³-hybridized carbons (Fsp3) is 0.0556. The van der Waals surface area contributed by atoms with Gasteiger partial charge in [-0.1, -0.05) is 115 Å². The molecule has 5 aromatic carbocycles. The van der Waals surface area contributed by atoms with Gasteiger partial charge in [0.1, 0.15) is 0 Å². The standard InChI is InChI=1S/C36H27N5O/c1-40-31-22-21-28(23-32(31)41(2)36(40)42)24-17-19-27(20-18-24)34-37-33(26-13-7-4-8-14-26)38-35(39-34)30-16-10-9-15-29(30)25-11-5-3-6-12-25/h3-23H,1-2H3. The van der Waals surface area contributed by atoms with Crippen LogP contribution in [0.5, 0.6) is 0 Å². The first kappa shape index (κ1) is 25.4. The van der Waals surface area contributed by atoms with E-state index in [-0.39, 0.29) is 5.69 Å². The second kappa shape index (κ2) is 10.4. The molecule has 0 bridgehead atoms. The van der Waals surface area contributed by atoms with Gasteiger partial charge in [-0.2, -0.15) is 0 Å². The summed E-state index contributed by atoms with van der Waals surface area (Å²) in [5.41, 5.74) is 8.79. The Morgan fingerprint density at radius 3 is 1.57 bits per heavy atom. The fourth-order valence-electron chi connectivity index (χ4n) is 5.39. The largest absolute Gasteiger partial charge is 0.328 e. The van der Waals surface area contributed by atoms with Crippen molar-refractivity contribution in [1.82, 2.24) is 24.1 Å². The van der Waals surface area contributed by atoms with Crippen molar-refractivity contribution in [3.8, 4) is 56.4 Å². The number of aromatic nitrogens is 5. The Hall–Kier alpha value is -5.62. The van der Waals surface area contributed by atoms with Gasteiger partial charge in [-0.05, 0) is 34.4 Å². The first-order chi connectivity index (χ1) is 20.6. The van der Waals surface area contributed by atoms with Gasteiger partial charge in [-0.15, -0.1) is 0 Å². The number of hydrogen-bond acceptors (Lipinski definition) is 4. The normalized spacial score (nSPS) is 11.2. The lowest BCUT2D eigenvalue weighted by molar-refractivity contribution is 0.795. The lowest BCUT2D eigenvalue weighted by Gasteiger charge is -2.12. The molecule has 7 aromatic rings. The lowest BCUT2D eigenvalue weighted by atomic mass is 9.99. The number of benzene rings is 5. The van der Waals surface area contributed by atoms with E-state index in [4.69, 9.17) is 15.0 Å². The molecular weight excluding hydrogens is 518 g/mol. The van der Waals surface area contributed by atoms with Crippen molar-refractivity contribution in [3.63, 3.8) is 0 Å². The topological polar surface area (TPSA) is 65.6 Å². The van der Waals surface area contributed by atoms with Crippen LogP contribution < -0.4 is 5.69 Å². The van der Waals surface area contributed by atoms with E-state index < -0.39 is 0 Å². The van der Waals surface area contributed by atoms with E-state index in [1.807, 2.05) is 84.9 Å². The zero-order chi connectivity index (χ0) is 28.6. The molecule has 0 radical (unpaired) electrons. The van der Waals surface area contributed by atoms with E-state index in [2.05, 4.69) is 42.5 Å². The second-order valence-corrected chi connectivity index (χ2v) is 10.3. The maximum Gasteiger partial charge on any atom is 0.328 e. The van der Waals surface area contributed by atoms with Crippen LogP contribution >= 0.6 is 0 Å². The van der Waals surface area contributed by atoms with Crippen LogP contribution in [-0.4, -0.2) is 24.1 Å². The molecule has 0 aliphatic heterocycles. The Morgan fingerprint density at radius 1 is 0.429 bits per heavy atom. The van der Waals surface area contributed by atoms with Gasteiger partial charge in [-0.3, -0.25) is 9.13 Å². The van der Waals surface area contributed by atoms with Crippen LogP contribution in [0.25, 0.3) is 67.5 Å². The number of rotatable bonds is 5. The monoisotopic (exact) mass is 545 g/mol. The molecular formula is C36H27N5O. The minimum absolute atomic E-state index is 0.0359. The van der Waals surface area contributed by atoms with Crippen LogP contribution in [0.1, 0.15) is 0 Å². The van der Waals surface area contributed by atoms with Crippen LogP contribution in [-0.2, 0) is 14.1 Å². The Bertz CT molecular complexity index is 2110. The molecule has 2 aromatic heterocycles. The first-order valence-corrected chi connectivity index (χ1v) is 13.8. The molecule has 0 aliphatic rings. The quantitative estimate of drug-likeness (QED) is 0.226. The number of fused-ring (bicyclic) bond motifs is 1. The summed E-state index contributed by atoms with van der Waals surface area (Å²) in [4.78, 5) is 27.2. The summed E-state index contributed by atoms with van der Waals surface area (Å²) < 4.78 is 3.35. The average molecular weight is 546 g/mol. The second-order valence-electron chi connectivity index (χ2n) is 10.3. The third-order valence-electron chi connectivity index (χ3n) is 7.67. The van der Waals surface area contributed by atoms with Crippen LogP contribution in [0.3, 0.4) is 0 Å². The van der Waals surface area contributed by atoms with E-state index in [9.17, 15) is 4.79 Å². The number of imidazole rings is 1. The molecule has 0 atom stereocenters. The smallest absolute Gasteiger partial charge is 0.295 e. The third kappa shape index (κ3) is 4.49. The van der Waals surface area contributed by atoms with Crippen molar-refractivity contribution in [2.45, 2.75) is 0 Å². The van der Waals surface area contributed by atoms with Gasteiger partial charge in [0.25, 0.3) is 0 Å². The molecule has 6 heteroatoms. The molecule has 0 saturated heterocycles. The third-order valence-corrected chi connectivity index (χ3v) is 7.67. The molecule has 0 saturated carbocycles. The molecule has 0 N–H and O–H groups in total. The highest BCUT2D eigenvalue weighted by Gasteiger charge is 2.16. The zero-order valence-electron chi connectivity index (χ0n) is 23.3. The van der Waals surface area contributed by atoms with Crippen molar-refractivity contribution >= 4 is 11.0 Å². The van der Waals surface area contributed by atoms with E-state index in [0.717, 1.165) is 50.0 Å². The molecule has 42 heavy (non-hydrogen) atoms. The Balaban J connectivity index is 1.34. The summed E-state index contributed by atoms with van der Waals surface area (Å²) in [7, 11) is 3.60. The molecule has 2 heterocycles. The SMILES string of the molecule is Cn1c(=O)n(C)c2cc(-c3ccc(-c4nc(-c5ccccc5)nc(-c5ccccc5-c5ccccc5)n4)cc3)ccc21. The highest BCUT2D eigenvalue weighted by molar-refractivity contribution is 5.84. The van der Waals surface area contributed by atoms with E-state index in [1.165, 1.54) is 0 Å². The zero-order valence-corrected chi connectivity index (χ0v) is 23.3. The van der Waals surface area contributed by atoms with Crippen molar-refractivity contribution in [2.24, 2.45) is 14.1 Å². The summed E-state index contributed by atoms with van der Waals surface area (Å²) >= 11 is 0. The van der Waals surface area contributed by atoms with Gasteiger partial charge in [0.15, 0.2) is 17.5 Å². The summed E-state index contributed by atoms with van der Waals surface area (Å²) in [5.74, 6) is 1.85. The van der Waals surface area contributed by atoms with Gasteiger partial charge < -0.3 is 0 Å². The maximum atomic E-state index is 12.4. The van der Waals surface area contributed by atoms with Crippen molar-refractivity contribution in [3.05, 3.63) is 138 Å². The van der Waals surface area contributed by atoms with Crippen molar-refractivity contribution in [2.75, 3.05) is 0 Å². The molecule has 0 spiro atoms. The minimum atomic E-state index is -0.0359. The Kier molecular flexibility index (Phi) is 6.28. The predicted octanol–water partition coefficient (Wildman–Crippen LogP) is 7.40. The highest BCUT2D eigenvalue weighted by atomic mass is 16.1. The average Bonchev–Trinajstić information content (AvgIpc) is 3.28. The van der Waals surface area contributed by atoms with E-state index in [0.29, 0.717) is 17.5 Å². The maximum absolute atomic E-state index is 12.4. The lowest BCUT2D eigenvalue weighted by Crippen LogP contribution is -2.19. The van der Waals surface area contributed by atoms with E-state index in [1.54, 1.807) is 23.2 Å². The molecule has 7 rings (SSSR count). The molecule has 0 unspecified atom stereocenters. The summed E-state index contributed by atoms with van der Waals surface area (Å²) in [5, 5.41) is 0. The van der Waals surface area contributed by atoms with Gasteiger partial charge in [0, 0.05) is 30.8 Å². The van der Waals surface area contributed by atoms with Crippen LogP contribution in [0.4, 0.5) is 0 Å². The Morgan fingerprint density at radius 2 is 0.905 bits per heavy atom. The molecule has 0 fully saturated rings. The molecule has 0 aliphatic carbocycles. The molecule has 6 nitrogen and oxygen atoms in total. The predicted molar refractivity (Wildman–Crippen MR) is 169 cm³/mol.